The van der Waals surface area contributed by atoms with Crippen molar-refractivity contribution >= 4 is 23.9 Å². The first-order chi connectivity index (χ1) is 19.9. The summed E-state index contributed by atoms with van der Waals surface area (Å²) in [5.74, 6) is -0.0103. The van der Waals surface area contributed by atoms with Crippen LogP contribution in [0.5, 0.6) is 11.6 Å². The highest BCUT2D eigenvalue weighted by Gasteiger charge is 2.21. The number of pyridine rings is 1. The molecule has 2 aromatic heterocycles. The molecule has 1 aliphatic rings. The maximum Gasteiger partial charge on any atom is 0.231 e. The number of rotatable bonds is 10. The van der Waals surface area contributed by atoms with Gasteiger partial charge in [-0.2, -0.15) is 0 Å². The second-order valence-corrected chi connectivity index (χ2v) is 10.1. The van der Waals surface area contributed by atoms with Crippen molar-refractivity contribution in [2.45, 2.75) is 25.9 Å². The first kappa shape index (κ1) is 28.5. The molecule has 4 aromatic rings. The van der Waals surface area contributed by atoms with E-state index in [4.69, 9.17) is 21.7 Å². The lowest BCUT2D eigenvalue weighted by Crippen LogP contribution is -2.35. The SMILES string of the molecule is COc1ccc(NC(=O)Cc2c(O)n(-c3ccc(F)cc3)c(=S)n2CCc2ccc(CN3CCOCC3)cc2)nc1. The number of carbonyl (C=O) groups excluding carboxylic acids is 1. The normalized spacial score (nSPS) is 13.7. The Morgan fingerprint density at radius 1 is 1.07 bits per heavy atom. The lowest BCUT2D eigenvalue weighted by atomic mass is 10.1. The molecule has 0 radical (unpaired) electrons. The number of hydrogen-bond donors (Lipinski definition) is 2. The number of amides is 1. The summed E-state index contributed by atoms with van der Waals surface area (Å²) in [4.78, 5) is 19.6. The minimum atomic E-state index is -0.400. The number of aromatic hydroxyl groups is 1. The average molecular weight is 578 g/mol. The predicted octanol–water partition coefficient (Wildman–Crippen LogP) is 4.51. The third-order valence-electron chi connectivity index (χ3n) is 7.03. The molecule has 11 heteroatoms. The van der Waals surface area contributed by atoms with Crippen LogP contribution in [-0.4, -0.2) is 63.4 Å². The Morgan fingerprint density at radius 2 is 1.78 bits per heavy atom. The number of morpholine rings is 1. The Labute approximate surface area is 242 Å². The summed E-state index contributed by atoms with van der Waals surface area (Å²) in [5, 5.41) is 14.0. The van der Waals surface area contributed by atoms with Crippen LogP contribution >= 0.6 is 12.2 Å². The highest BCUT2D eigenvalue weighted by molar-refractivity contribution is 7.71. The van der Waals surface area contributed by atoms with E-state index in [0.717, 1.165) is 38.4 Å². The van der Waals surface area contributed by atoms with E-state index in [2.05, 4.69) is 39.5 Å². The molecule has 5 rings (SSSR count). The Hall–Kier alpha value is -4.06. The molecule has 0 bridgehead atoms. The van der Waals surface area contributed by atoms with Gasteiger partial charge in [0.1, 0.15) is 17.4 Å². The van der Waals surface area contributed by atoms with Crippen molar-refractivity contribution in [3.63, 3.8) is 0 Å². The van der Waals surface area contributed by atoms with Gasteiger partial charge in [-0.3, -0.25) is 14.3 Å². The molecule has 9 nitrogen and oxygen atoms in total. The molecular formula is C30H32FN5O4S. The molecule has 0 saturated carbocycles. The van der Waals surface area contributed by atoms with Gasteiger partial charge in [0.15, 0.2) is 4.77 Å². The third-order valence-corrected chi connectivity index (χ3v) is 7.43. The van der Waals surface area contributed by atoms with Crippen molar-refractivity contribution in [2.75, 3.05) is 38.7 Å². The number of ether oxygens (including phenoxy) is 2. The maximum atomic E-state index is 13.6. The number of nitrogens with one attached hydrogen (secondary N) is 1. The van der Waals surface area contributed by atoms with Crippen LogP contribution in [0.4, 0.5) is 10.2 Å². The average Bonchev–Trinajstić information content (AvgIpc) is 3.22. The molecule has 3 heterocycles. The number of aryl methyl sites for hydroxylation is 1. The summed E-state index contributed by atoms with van der Waals surface area (Å²) in [5.41, 5.74) is 3.19. The standard InChI is InChI=1S/C30H32FN5O4S/c1-39-25-10-11-27(32-19-25)33-28(37)18-26-29(38)36(24-8-6-23(31)7-9-24)30(41)35(26)13-12-21-2-4-22(5-3-21)20-34-14-16-40-17-15-34/h2-11,19,38H,12-18,20H2,1H3,(H,32,33,37). The van der Waals surface area contributed by atoms with Gasteiger partial charge in [-0.05, 0) is 66.2 Å². The van der Waals surface area contributed by atoms with Crippen molar-refractivity contribution in [1.82, 2.24) is 19.0 Å². The lowest BCUT2D eigenvalue weighted by Gasteiger charge is -2.26. The molecule has 0 aliphatic carbocycles. The van der Waals surface area contributed by atoms with E-state index in [1.54, 1.807) is 16.7 Å². The Kier molecular flexibility index (Phi) is 9.07. The van der Waals surface area contributed by atoms with Crippen LogP contribution < -0.4 is 10.1 Å². The van der Waals surface area contributed by atoms with Gasteiger partial charge in [0.2, 0.25) is 11.8 Å². The number of nitrogens with zero attached hydrogens (tertiary/aromatic N) is 4. The summed E-state index contributed by atoms with van der Waals surface area (Å²) >= 11 is 5.75. The smallest absolute Gasteiger partial charge is 0.231 e. The van der Waals surface area contributed by atoms with Gasteiger partial charge >= 0.3 is 0 Å². The van der Waals surface area contributed by atoms with Crippen LogP contribution in [0.1, 0.15) is 16.8 Å². The second-order valence-electron chi connectivity index (χ2n) is 9.78. The van der Waals surface area contributed by atoms with Crippen LogP contribution in [0.3, 0.4) is 0 Å². The second kappa shape index (κ2) is 13.1. The number of benzene rings is 2. The molecule has 214 valence electrons. The molecular weight excluding hydrogens is 545 g/mol. The van der Waals surface area contributed by atoms with E-state index in [-0.39, 0.29) is 18.2 Å². The van der Waals surface area contributed by atoms with Crippen LogP contribution in [-0.2, 0) is 35.5 Å². The first-order valence-electron chi connectivity index (χ1n) is 13.4. The van der Waals surface area contributed by atoms with Gasteiger partial charge in [-0.1, -0.05) is 24.3 Å². The van der Waals surface area contributed by atoms with Crippen molar-refractivity contribution in [3.8, 4) is 17.3 Å². The van der Waals surface area contributed by atoms with E-state index in [1.165, 1.54) is 47.7 Å². The summed E-state index contributed by atoms with van der Waals surface area (Å²) < 4.78 is 27.7. The zero-order valence-electron chi connectivity index (χ0n) is 22.8. The number of imidazole rings is 1. The number of anilines is 1. The van der Waals surface area contributed by atoms with Gasteiger partial charge in [0.05, 0.1) is 44.3 Å². The van der Waals surface area contributed by atoms with Gasteiger partial charge in [-0.15, -0.1) is 0 Å². The zero-order valence-corrected chi connectivity index (χ0v) is 23.6. The van der Waals surface area contributed by atoms with Gasteiger partial charge in [0, 0.05) is 26.2 Å². The Bertz CT molecular complexity index is 1530. The highest BCUT2D eigenvalue weighted by Crippen LogP contribution is 2.27. The highest BCUT2D eigenvalue weighted by atomic mass is 32.1. The monoisotopic (exact) mass is 577 g/mol. The van der Waals surface area contributed by atoms with Crippen molar-refractivity contribution < 1.29 is 23.8 Å². The summed E-state index contributed by atoms with van der Waals surface area (Å²) in [7, 11) is 1.54. The Morgan fingerprint density at radius 3 is 2.44 bits per heavy atom. The summed E-state index contributed by atoms with van der Waals surface area (Å²) in [6.45, 7) is 4.71. The third kappa shape index (κ3) is 6.99. The van der Waals surface area contributed by atoms with Crippen LogP contribution in [0.15, 0.2) is 66.9 Å². The molecule has 1 fully saturated rings. The quantitative estimate of drug-likeness (QED) is 0.268. The zero-order chi connectivity index (χ0) is 28.8. The molecule has 2 N–H and O–H groups in total. The molecule has 41 heavy (non-hydrogen) atoms. The Balaban J connectivity index is 1.36. The van der Waals surface area contributed by atoms with E-state index in [0.29, 0.717) is 40.7 Å². The fourth-order valence-corrected chi connectivity index (χ4v) is 5.18. The molecule has 2 aromatic carbocycles. The maximum absolute atomic E-state index is 13.6. The van der Waals surface area contributed by atoms with Gasteiger partial charge in [-0.25, -0.2) is 9.37 Å². The van der Waals surface area contributed by atoms with Crippen LogP contribution in [0, 0.1) is 10.6 Å². The molecule has 1 aliphatic heterocycles. The minimum absolute atomic E-state index is 0.143. The molecule has 0 atom stereocenters. The van der Waals surface area contributed by atoms with Crippen molar-refractivity contribution in [1.29, 1.82) is 0 Å². The topological polar surface area (TPSA) is 93.8 Å². The summed E-state index contributed by atoms with van der Waals surface area (Å²) in [6, 6.07) is 17.4. The molecule has 1 saturated heterocycles. The number of hydrogen-bond acceptors (Lipinski definition) is 7. The number of carbonyl (C=O) groups is 1. The fourth-order valence-electron chi connectivity index (χ4n) is 4.79. The molecule has 0 unspecified atom stereocenters. The molecule has 1 amide bonds. The van der Waals surface area contributed by atoms with E-state index < -0.39 is 5.82 Å². The minimum Gasteiger partial charge on any atom is -0.495 e. The van der Waals surface area contributed by atoms with Crippen LogP contribution in [0.2, 0.25) is 0 Å². The van der Waals surface area contributed by atoms with Crippen LogP contribution in [0.25, 0.3) is 5.69 Å². The predicted molar refractivity (Wildman–Crippen MR) is 156 cm³/mol. The lowest BCUT2D eigenvalue weighted by molar-refractivity contribution is -0.115. The first-order valence-corrected chi connectivity index (χ1v) is 13.8. The fraction of sp³-hybridized carbons (Fsp3) is 0.300. The van der Waals surface area contributed by atoms with E-state index in [1.807, 2.05) is 0 Å². The van der Waals surface area contributed by atoms with E-state index >= 15 is 0 Å². The number of halogens is 1. The molecule has 0 spiro atoms. The number of methoxy groups -OCH3 is 1. The van der Waals surface area contributed by atoms with Crippen molar-refractivity contribution in [2.24, 2.45) is 0 Å². The van der Waals surface area contributed by atoms with E-state index in [9.17, 15) is 14.3 Å². The van der Waals surface area contributed by atoms with Gasteiger partial charge in [0.25, 0.3) is 0 Å². The largest absolute Gasteiger partial charge is 0.495 e. The van der Waals surface area contributed by atoms with Gasteiger partial charge < -0.3 is 24.5 Å². The summed E-state index contributed by atoms with van der Waals surface area (Å²) in [6.07, 6.45) is 2.00. The number of aromatic nitrogens is 3. The van der Waals surface area contributed by atoms with Crippen molar-refractivity contribution in [3.05, 3.63) is 94.3 Å².